The minimum Gasteiger partial charge on any atom is -0.368 e. The van der Waals surface area contributed by atoms with E-state index in [1.807, 2.05) is 6.92 Å². The number of nitrogens with zero attached hydrogens (tertiary/aromatic N) is 1. The van der Waals surface area contributed by atoms with Gasteiger partial charge in [-0.3, -0.25) is 19.6 Å². The lowest BCUT2D eigenvalue weighted by atomic mass is 9.96. The molecular weight excluding hydrogens is 262 g/mol. The zero-order valence-electron chi connectivity index (χ0n) is 11.8. The molecule has 0 aromatic rings. The largest absolute Gasteiger partial charge is 0.368 e. The Hall–Kier alpha value is -1.63. The Kier molecular flexibility index (Phi) is 6.44. The number of nitrogens with two attached hydrogens (primary N) is 1. The zero-order valence-corrected chi connectivity index (χ0v) is 11.8. The summed E-state index contributed by atoms with van der Waals surface area (Å²) in [4.78, 5) is 36.6. The van der Waals surface area contributed by atoms with Crippen molar-refractivity contribution in [2.24, 2.45) is 11.7 Å². The summed E-state index contributed by atoms with van der Waals surface area (Å²) in [5, 5.41) is 8.60. The number of likely N-dealkylation sites (tertiary alicyclic amines) is 1. The van der Waals surface area contributed by atoms with Crippen molar-refractivity contribution < 1.29 is 19.6 Å². The Bertz CT molecular complexity index is 373. The second kappa shape index (κ2) is 7.84. The van der Waals surface area contributed by atoms with Crippen molar-refractivity contribution in [3.05, 3.63) is 0 Å². The van der Waals surface area contributed by atoms with E-state index < -0.39 is 23.8 Å². The monoisotopic (exact) mass is 285 g/mol. The van der Waals surface area contributed by atoms with Crippen LogP contribution in [0.1, 0.15) is 45.4 Å². The molecule has 0 bridgehead atoms. The van der Waals surface area contributed by atoms with Crippen LogP contribution in [-0.4, -0.2) is 40.4 Å². The first-order chi connectivity index (χ1) is 9.51. The number of amides is 3. The average Bonchev–Trinajstić information content (AvgIpc) is 2.91. The van der Waals surface area contributed by atoms with Gasteiger partial charge in [-0.25, -0.2) is 5.48 Å². The van der Waals surface area contributed by atoms with Gasteiger partial charge in [0.1, 0.15) is 6.04 Å². The second-order valence-electron chi connectivity index (χ2n) is 5.17. The fourth-order valence-corrected chi connectivity index (χ4v) is 2.59. The Labute approximate surface area is 118 Å². The van der Waals surface area contributed by atoms with Gasteiger partial charge in [0.25, 0.3) is 0 Å². The summed E-state index contributed by atoms with van der Waals surface area (Å²) >= 11 is 0. The maximum absolute atomic E-state index is 12.5. The van der Waals surface area contributed by atoms with E-state index in [-0.39, 0.29) is 12.3 Å². The molecule has 0 aliphatic carbocycles. The molecule has 20 heavy (non-hydrogen) atoms. The van der Waals surface area contributed by atoms with E-state index in [0.29, 0.717) is 19.4 Å². The number of unbranched alkanes of at least 4 members (excludes halogenated alkanes) is 1. The third-order valence-corrected chi connectivity index (χ3v) is 3.68. The molecule has 114 valence electrons. The fraction of sp³-hybridized carbons (Fsp3) is 0.769. The summed E-state index contributed by atoms with van der Waals surface area (Å²) in [7, 11) is 0. The number of nitrogens with one attached hydrogen (secondary N) is 1. The molecule has 1 fully saturated rings. The van der Waals surface area contributed by atoms with E-state index >= 15 is 0 Å². The minimum absolute atomic E-state index is 0.0721. The average molecular weight is 285 g/mol. The van der Waals surface area contributed by atoms with Crippen molar-refractivity contribution in [2.75, 3.05) is 6.54 Å². The van der Waals surface area contributed by atoms with Gasteiger partial charge in [-0.1, -0.05) is 19.8 Å². The molecule has 3 amide bonds. The highest BCUT2D eigenvalue weighted by Gasteiger charge is 2.36. The molecule has 0 aromatic heterocycles. The molecule has 7 nitrogen and oxygen atoms in total. The van der Waals surface area contributed by atoms with Gasteiger partial charge in [-0.15, -0.1) is 0 Å². The molecule has 1 rings (SSSR count). The Morgan fingerprint density at radius 2 is 2.15 bits per heavy atom. The lowest BCUT2D eigenvalue weighted by molar-refractivity contribution is -0.143. The molecular formula is C13H23N3O4. The van der Waals surface area contributed by atoms with Crippen molar-refractivity contribution in [3.8, 4) is 0 Å². The van der Waals surface area contributed by atoms with Crippen molar-refractivity contribution in [1.82, 2.24) is 10.4 Å². The van der Waals surface area contributed by atoms with E-state index in [9.17, 15) is 14.4 Å². The SMILES string of the molecule is CCCC[C@H](CC(=O)NO)C(=O)N1CCC[C@H]1C(N)=O. The highest BCUT2D eigenvalue weighted by molar-refractivity contribution is 5.90. The Morgan fingerprint density at radius 3 is 2.70 bits per heavy atom. The first-order valence-corrected chi connectivity index (χ1v) is 7.04. The van der Waals surface area contributed by atoms with E-state index in [0.717, 1.165) is 19.3 Å². The number of primary amides is 1. The first-order valence-electron chi connectivity index (χ1n) is 7.04. The van der Waals surface area contributed by atoms with Crippen LogP contribution in [-0.2, 0) is 14.4 Å². The van der Waals surface area contributed by atoms with Crippen LogP contribution in [0.3, 0.4) is 0 Å². The molecule has 1 aliphatic rings. The first kappa shape index (κ1) is 16.4. The predicted octanol–water partition coefficient (Wildman–Crippen LogP) is 0.165. The summed E-state index contributed by atoms with van der Waals surface area (Å²) in [5.74, 6) is -1.82. The van der Waals surface area contributed by atoms with Crippen molar-refractivity contribution >= 4 is 17.7 Å². The van der Waals surface area contributed by atoms with Gasteiger partial charge in [0.05, 0.1) is 0 Å². The van der Waals surface area contributed by atoms with Crippen LogP contribution < -0.4 is 11.2 Å². The number of rotatable bonds is 7. The number of hydroxylamine groups is 1. The zero-order chi connectivity index (χ0) is 15.1. The predicted molar refractivity (Wildman–Crippen MR) is 71.5 cm³/mol. The maximum Gasteiger partial charge on any atom is 0.244 e. The molecule has 0 unspecified atom stereocenters. The third kappa shape index (κ3) is 4.19. The van der Waals surface area contributed by atoms with E-state index in [4.69, 9.17) is 10.9 Å². The fourth-order valence-electron chi connectivity index (χ4n) is 2.59. The number of hydrogen-bond acceptors (Lipinski definition) is 4. The molecule has 7 heteroatoms. The van der Waals surface area contributed by atoms with Crippen molar-refractivity contribution in [2.45, 2.75) is 51.5 Å². The van der Waals surface area contributed by atoms with Crippen molar-refractivity contribution in [1.29, 1.82) is 0 Å². The molecule has 1 heterocycles. The highest BCUT2D eigenvalue weighted by Crippen LogP contribution is 2.23. The lowest BCUT2D eigenvalue weighted by Crippen LogP contribution is -2.46. The van der Waals surface area contributed by atoms with Crippen molar-refractivity contribution in [3.63, 3.8) is 0 Å². The molecule has 1 saturated heterocycles. The molecule has 0 spiro atoms. The van der Waals surface area contributed by atoms with Crippen LogP contribution in [0.2, 0.25) is 0 Å². The van der Waals surface area contributed by atoms with Crippen LogP contribution in [0.15, 0.2) is 0 Å². The number of carbonyl (C=O) groups excluding carboxylic acids is 3. The Balaban J connectivity index is 2.75. The summed E-state index contributed by atoms with van der Waals surface area (Å²) in [6.45, 7) is 2.49. The molecule has 2 atom stereocenters. The quantitative estimate of drug-likeness (QED) is 0.457. The van der Waals surface area contributed by atoms with Gasteiger partial charge in [0.2, 0.25) is 17.7 Å². The van der Waals surface area contributed by atoms with Gasteiger partial charge in [-0.2, -0.15) is 0 Å². The normalized spacial score (nSPS) is 19.7. The molecule has 0 radical (unpaired) electrons. The van der Waals surface area contributed by atoms with Crippen LogP contribution in [0.25, 0.3) is 0 Å². The van der Waals surface area contributed by atoms with Crippen LogP contribution in [0.4, 0.5) is 0 Å². The summed E-state index contributed by atoms with van der Waals surface area (Å²) in [6.07, 6.45) is 3.52. The standard InChI is InChI=1S/C13H23N3O4/c1-2-3-5-9(8-11(17)15-20)13(19)16-7-4-6-10(16)12(14)18/h9-10,20H,2-8H2,1H3,(H2,14,18)(H,15,17)/t9-,10+/m1/s1. The van der Waals surface area contributed by atoms with Gasteiger partial charge in [0, 0.05) is 18.9 Å². The highest BCUT2D eigenvalue weighted by atomic mass is 16.5. The summed E-state index contributed by atoms with van der Waals surface area (Å²) in [6, 6.07) is -0.566. The molecule has 4 N–H and O–H groups in total. The third-order valence-electron chi connectivity index (χ3n) is 3.68. The van der Waals surface area contributed by atoms with Gasteiger partial charge in [-0.05, 0) is 19.3 Å². The number of hydrogen-bond donors (Lipinski definition) is 3. The van der Waals surface area contributed by atoms with Gasteiger partial charge >= 0.3 is 0 Å². The molecule has 0 saturated carbocycles. The van der Waals surface area contributed by atoms with E-state index in [2.05, 4.69) is 0 Å². The van der Waals surface area contributed by atoms with Gasteiger partial charge < -0.3 is 10.6 Å². The summed E-state index contributed by atoms with van der Waals surface area (Å²) < 4.78 is 0. The lowest BCUT2D eigenvalue weighted by Gasteiger charge is -2.27. The molecule has 1 aliphatic heterocycles. The smallest absolute Gasteiger partial charge is 0.244 e. The van der Waals surface area contributed by atoms with E-state index in [1.54, 1.807) is 5.48 Å². The van der Waals surface area contributed by atoms with E-state index in [1.165, 1.54) is 4.90 Å². The maximum atomic E-state index is 12.5. The topological polar surface area (TPSA) is 113 Å². The second-order valence-corrected chi connectivity index (χ2v) is 5.17. The number of carbonyl (C=O) groups is 3. The Morgan fingerprint density at radius 1 is 1.45 bits per heavy atom. The molecule has 0 aromatic carbocycles. The van der Waals surface area contributed by atoms with Crippen LogP contribution in [0, 0.1) is 5.92 Å². The minimum atomic E-state index is -0.589. The summed E-state index contributed by atoms with van der Waals surface area (Å²) in [5.41, 5.74) is 6.85. The van der Waals surface area contributed by atoms with Gasteiger partial charge in [0.15, 0.2) is 0 Å². The van der Waals surface area contributed by atoms with Crippen LogP contribution in [0.5, 0.6) is 0 Å². The van der Waals surface area contributed by atoms with Crippen LogP contribution >= 0.6 is 0 Å².